The van der Waals surface area contributed by atoms with Gasteiger partial charge in [0.15, 0.2) is 22.9 Å². The summed E-state index contributed by atoms with van der Waals surface area (Å²) in [5, 5.41) is 0. The topological polar surface area (TPSA) is 73.2 Å². The standard InChI is InChI=1S/C34H37N3O5/c1-35(2)33(38)29-31(41-23-25-13-7-4-8-14-25)32(42-24-26-15-9-5-10-16-26)30(34(39)36-21-11-6-12-22-36)37(29)27-17-19-28(40-3)20-18-27/h4-5,7-10,13-20H,6,11-12,21-24H2,1-3H3. The van der Waals surface area contributed by atoms with Crippen LogP contribution in [0, 0.1) is 0 Å². The highest BCUT2D eigenvalue weighted by atomic mass is 16.5. The lowest BCUT2D eigenvalue weighted by Crippen LogP contribution is -2.37. The van der Waals surface area contributed by atoms with Gasteiger partial charge in [0.1, 0.15) is 19.0 Å². The molecule has 8 nitrogen and oxygen atoms in total. The minimum atomic E-state index is -0.309. The number of rotatable bonds is 10. The predicted octanol–water partition coefficient (Wildman–Crippen LogP) is 5.97. The van der Waals surface area contributed by atoms with Gasteiger partial charge in [0.2, 0.25) is 0 Å². The molecular weight excluding hydrogens is 530 g/mol. The van der Waals surface area contributed by atoms with Crippen LogP contribution < -0.4 is 14.2 Å². The number of hydrogen-bond donors (Lipinski definition) is 0. The largest absolute Gasteiger partial charge is 0.497 e. The first-order chi connectivity index (χ1) is 20.5. The van der Waals surface area contributed by atoms with Crippen molar-refractivity contribution in [3.63, 3.8) is 0 Å². The summed E-state index contributed by atoms with van der Waals surface area (Å²) in [4.78, 5) is 31.7. The van der Waals surface area contributed by atoms with Gasteiger partial charge in [-0.3, -0.25) is 14.2 Å². The molecule has 1 aliphatic rings. The first-order valence-corrected chi connectivity index (χ1v) is 14.3. The molecule has 0 unspecified atom stereocenters. The zero-order chi connectivity index (χ0) is 29.5. The number of piperidine rings is 1. The quantitative estimate of drug-likeness (QED) is 0.236. The van der Waals surface area contributed by atoms with Crippen LogP contribution in [-0.2, 0) is 13.2 Å². The van der Waals surface area contributed by atoms with Crippen LogP contribution in [0.2, 0.25) is 0 Å². The first kappa shape index (κ1) is 28.8. The minimum Gasteiger partial charge on any atom is -0.497 e. The Bertz CT molecular complexity index is 1490. The smallest absolute Gasteiger partial charge is 0.274 e. The monoisotopic (exact) mass is 567 g/mol. The number of ether oxygens (including phenoxy) is 3. The number of nitrogens with zero attached hydrogens (tertiary/aromatic N) is 3. The van der Waals surface area contributed by atoms with Crippen molar-refractivity contribution in [2.75, 3.05) is 34.3 Å². The van der Waals surface area contributed by atoms with Crippen LogP contribution in [-0.4, -0.2) is 60.5 Å². The van der Waals surface area contributed by atoms with E-state index in [1.165, 1.54) is 4.90 Å². The van der Waals surface area contributed by atoms with Crippen molar-refractivity contribution >= 4 is 11.8 Å². The number of benzene rings is 3. The fraction of sp³-hybridized carbons (Fsp3) is 0.294. The van der Waals surface area contributed by atoms with Gasteiger partial charge in [-0.05, 0) is 54.7 Å². The Hall–Kier alpha value is -4.72. The lowest BCUT2D eigenvalue weighted by molar-refractivity contribution is 0.0710. The van der Waals surface area contributed by atoms with Crippen LogP contribution in [0.25, 0.3) is 5.69 Å². The molecule has 0 bridgehead atoms. The van der Waals surface area contributed by atoms with Gasteiger partial charge in [-0.25, -0.2) is 0 Å². The molecule has 42 heavy (non-hydrogen) atoms. The highest BCUT2D eigenvalue weighted by Gasteiger charge is 2.37. The van der Waals surface area contributed by atoms with Crippen LogP contribution in [0.1, 0.15) is 51.4 Å². The van der Waals surface area contributed by atoms with Crippen LogP contribution in [0.4, 0.5) is 0 Å². The Balaban J connectivity index is 1.73. The van der Waals surface area contributed by atoms with Crippen molar-refractivity contribution in [3.05, 3.63) is 107 Å². The molecule has 1 aliphatic heterocycles. The Morgan fingerprint density at radius 1 is 0.714 bits per heavy atom. The average Bonchev–Trinajstić information content (AvgIpc) is 3.37. The molecule has 1 aromatic heterocycles. The molecule has 2 heterocycles. The molecule has 218 valence electrons. The van der Waals surface area contributed by atoms with Crippen LogP contribution in [0.15, 0.2) is 84.9 Å². The summed E-state index contributed by atoms with van der Waals surface area (Å²) in [5.74, 6) is 0.652. The second-order valence-corrected chi connectivity index (χ2v) is 10.5. The van der Waals surface area contributed by atoms with E-state index in [9.17, 15) is 9.59 Å². The molecule has 5 rings (SSSR count). The Kier molecular flexibility index (Phi) is 9.12. The summed E-state index contributed by atoms with van der Waals surface area (Å²) in [5.41, 5.74) is 2.98. The van der Waals surface area contributed by atoms with Gasteiger partial charge in [-0.1, -0.05) is 60.7 Å². The molecule has 0 N–H and O–H groups in total. The van der Waals surface area contributed by atoms with Crippen LogP contribution >= 0.6 is 0 Å². The molecule has 0 spiro atoms. The van der Waals surface area contributed by atoms with Gasteiger partial charge in [0.25, 0.3) is 11.8 Å². The van der Waals surface area contributed by atoms with E-state index in [4.69, 9.17) is 14.2 Å². The van der Waals surface area contributed by atoms with E-state index in [-0.39, 0.29) is 47.9 Å². The molecule has 8 heteroatoms. The molecular formula is C34H37N3O5. The lowest BCUT2D eigenvalue weighted by atomic mass is 10.1. The summed E-state index contributed by atoms with van der Waals surface area (Å²) in [6.45, 7) is 1.68. The third-order valence-corrected chi connectivity index (χ3v) is 7.32. The second-order valence-electron chi connectivity index (χ2n) is 10.5. The predicted molar refractivity (Wildman–Crippen MR) is 162 cm³/mol. The van der Waals surface area contributed by atoms with E-state index < -0.39 is 0 Å². The highest BCUT2D eigenvalue weighted by molar-refractivity contribution is 6.04. The summed E-state index contributed by atoms with van der Waals surface area (Å²) >= 11 is 0. The first-order valence-electron chi connectivity index (χ1n) is 14.3. The zero-order valence-electron chi connectivity index (χ0n) is 24.4. The van der Waals surface area contributed by atoms with Crippen molar-refractivity contribution in [1.29, 1.82) is 0 Å². The number of carbonyl (C=O) groups excluding carboxylic acids is 2. The van der Waals surface area contributed by atoms with Crippen molar-refractivity contribution in [2.24, 2.45) is 0 Å². The summed E-state index contributed by atoms with van der Waals surface area (Å²) in [6, 6.07) is 26.8. The van der Waals surface area contributed by atoms with E-state index in [1.54, 1.807) is 25.8 Å². The number of hydrogen-bond acceptors (Lipinski definition) is 5. The fourth-order valence-corrected chi connectivity index (χ4v) is 5.09. The van der Waals surface area contributed by atoms with Gasteiger partial charge in [-0.2, -0.15) is 0 Å². The number of likely N-dealkylation sites (tertiary alicyclic amines) is 1. The Morgan fingerprint density at radius 3 is 1.74 bits per heavy atom. The fourth-order valence-electron chi connectivity index (χ4n) is 5.09. The molecule has 1 fully saturated rings. The van der Waals surface area contributed by atoms with Crippen molar-refractivity contribution in [3.8, 4) is 22.9 Å². The third-order valence-electron chi connectivity index (χ3n) is 7.32. The van der Waals surface area contributed by atoms with Gasteiger partial charge < -0.3 is 24.0 Å². The molecule has 2 amide bonds. The summed E-state index contributed by atoms with van der Waals surface area (Å²) in [6.07, 6.45) is 2.93. The zero-order valence-corrected chi connectivity index (χ0v) is 24.4. The van der Waals surface area contributed by atoms with E-state index in [1.807, 2.05) is 89.8 Å². The summed E-state index contributed by atoms with van der Waals surface area (Å²) < 4.78 is 20.0. The molecule has 0 radical (unpaired) electrons. The Morgan fingerprint density at radius 2 is 1.24 bits per heavy atom. The van der Waals surface area contributed by atoms with Crippen LogP contribution in [0.5, 0.6) is 17.2 Å². The maximum Gasteiger partial charge on any atom is 0.274 e. The Labute approximate surface area is 247 Å². The third kappa shape index (κ3) is 6.28. The van der Waals surface area contributed by atoms with Gasteiger partial charge >= 0.3 is 0 Å². The maximum atomic E-state index is 14.4. The van der Waals surface area contributed by atoms with Gasteiger partial charge in [0.05, 0.1) is 7.11 Å². The van der Waals surface area contributed by atoms with Crippen molar-refractivity contribution in [2.45, 2.75) is 32.5 Å². The number of methoxy groups -OCH3 is 1. The van der Waals surface area contributed by atoms with E-state index in [0.717, 1.165) is 30.4 Å². The molecule has 3 aromatic carbocycles. The number of amides is 2. The molecule has 4 aromatic rings. The normalized spacial score (nSPS) is 13.0. The van der Waals surface area contributed by atoms with Crippen LogP contribution in [0.3, 0.4) is 0 Å². The molecule has 0 atom stereocenters. The maximum absolute atomic E-state index is 14.4. The molecule has 0 saturated carbocycles. The van der Waals surface area contributed by atoms with E-state index in [0.29, 0.717) is 24.5 Å². The highest BCUT2D eigenvalue weighted by Crippen LogP contribution is 2.43. The second kappa shape index (κ2) is 13.3. The van der Waals surface area contributed by atoms with Crippen molar-refractivity contribution in [1.82, 2.24) is 14.4 Å². The molecule has 0 aliphatic carbocycles. The lowest BCUT2D eigenvalue weighted by Gasteiger charge is -2.27. The number of carbonyl (C=O) groups is 2. The molecule has 1 saturated heterocycles. The SMILES string of the molecule is COc1ccc(-n2c(C(=O)N(C)C)c(OCc3ccccc3)c(OCc3ccccc3)c2C(=O)N2CCCCC2)cc1. The van der Waals surface area contributed by atoms with Gasteiger partial charge in [0, 0.05) is 32.9 Å². The summed E-state index contributed by atoms with van der Waals surface area (Å²) in [7, 11) is 4.97. The number of aromatic nitrogens is 1. The van der Waals surface area contributed by atoms with Crippen molar-refractivity contribution < 1.29 is 23.8 Å². The van der Waals surface area contributed by atoms with E-state index in [2.05, 4.69) is 0 Å². The minimum absolute atomic E-state index is 0.195. The van der Waals surface area contributed by atoms with E-state index >= 15 is 0 Å². The van der Waals surface area contributed by atoms with Gasteiger partial charge in [-0.15, -0.1) is 0 Å². The average molecular weight is 568 g/mol.